The van der Waals surface area contributed by atoms with E-state index in [0.717, 1.165) is 24.4 Å². The Morgan fingerprint density at radius 2 is 2.28 bits per heavy atom. The van der Waals surface area contributed by atoms with Crippen LogP contribution in [0.2, 0.25) is 0 Å². The van der Waals surface area contributed by atoms with Crippen LogP contribution in [0.4, 0.5) is 0 Å². The van der Waals surface area contributed by atoms with Gasteiger partial charge in [-0.15, -0.1) is 11.3 Å². The van der Waals surface area contributed by atoms with Crippen molar-refractivity contribution in [3.8, 4) is 0 Å². The molecular weight excluding hydrogens is 246 g/mol. The van der Waals surface area contributed by atoms with E-state index >= 15 is 0 Å². The molecule has 0 aromatic carbocycles. The van der Waals surface area contributed by atoms with Crippen LogP contribution < -0.4 is 5.32 Å². The van der Waals surface area contributed by atoms with Gasteiger partial charge in [-0.3, -0.25) is 0 Å². The zero-order valence-corrected chi connectivity index (χ0v) is 11.3. The van der Waals surface area contributed by atoms with E-state index < -0.39 is 5.97 Å². The number of carbonyl (C=O) groups is 1. The molecule has 1 aromatic heterocycles. The molecule has 0 spiro atoms. The van der Waals surface area contributed by atoms with E-state index in [1.54, 1.807) is 11.6 Å². The Labute approximate surface area is 112 Å². The number of thiophene rings is 1. The van der Waals surface area contributed by atoms with E-state index in [2.05, 4.69) is 11.4 Å². The van der Waals surface area contributed by atoms with Crippen molar-refractivity contribution in [2.24, 2.45) is 0 Å². The van der Waals surface area contributed by atoms with Crippen LogP contribution in [0, 0.1) is 0 Å². The predicted molar refractivity (Wildman–Crippen MR) is 74.2 cm³/mol. The van der Waals surface area contributed by atoms with Crippen molar-refractivity contribution in [3.63, 3.8) is 0 Å². The fraction of sp³-hybridized carbons (Fsp3) is 0.500. The van der Waals surface area contributed by atoms with Crippen LogP contribution in [0.25, 0.3) is 0 Å². The molecule has 0 atom stereocenters. The molecule has 0 saturated heterocycles. The number of aromatic carboxylic acids is 1. The van der Waals surface area contributed by atoms with Crippen molar-refractivity contribution in [2.75, 3.05) is 6.54 Å². The molecular formula is C14H19NO2S. The van der Waals surface area contributed by atoms with Crippen molar-refractivity contribution in [3.05, 3.63) is 33.5 Å². The fourth-order valence-corrected chi connectivity index (χ4v) is 3.00. The Balaban J connectivity index is 1.68. The summed E-state index contributed by atoms with van der Waals surface area (Å²) >= 11 is 1.35. The summed E-state index contributed by atoms with van der Waals surface area (Å²) in [5, 5.41) is 12.2. The molecule has 1 aliphatic carbocycles. The minimum atomic E-state index is -0.835. The first-order chi connectivity index (χ1) is 8.75. The summed E-state index contributed by atoms with van der Waals surface area (Å²) in [6.07, 6.45) is 8.66. The molecule has 0 fully saturated rings. The lowest BCUT2D eigenvalue weighted by Gasteiger charge is -2.12. The summed E-state index contributed by atoms with van der Waals surface area (Å²) in [5.74, 6) is -0.835. The maximum Gasteiger partial charge on any atom is 0.345 e. The maximum absolute atomic E-state index is 10.7. The minimum absolute atomic E-state index is 0.418. The lowest BCUT2D eigenvalue weighted by Crippen LogP contribution is -2.14. The third-order valence-electron chi connectivity index (χ3n) is 3.18. The zero-order chi connectivity index (χ0) is 12.8. The summed E-state index contributed by atoms with van der Waals surface area (Å²) in [5.41, 5.74) is 1.58. The average molecular weight is 265 g/mol. The van der Waals surface area contributed by atoms with Crippen molar-refractivity contribution in [1.29, 1.82) is 0 Å². The van der Waals surface area contributed by atoms with Gasteiger partial charge in [0.25, 0.3) is 0 Å². The van der Waals surface area contributed by atoms with Gasteiger partial charge in [0.15, 0.2) is 0 Å². The quantitative estimate of drug-likeness (QED) is 0.612. The molecule has 0 unspecified atom stereocenters. The Kier molecular flexibility index (Phi) is 4.96. The number of carboxylic acids is 1. The first-order valence-electron chi connectivity index (χ1n) is 6.46. The van der Waals surface area contributed by atoms with E-state index in [4.69, 9.17) is 5.11 Å². The SMILES string of the molecule is O=C(O)c1ccc(CNCCC2=CCCCC2)s1. The molecule has 4 heteroatoms. The molecule has 0 radical (unpaired) electrons. The second-order valence-electron chi connectivity index (χ2n) is 4.61. The molecule has 3 nitrogen and oxygen atoms in total. The van der Waals surface area contributed by atoms with Gasteiger partial charge in [0, 0.05) is 11.4 Å². The van der Waals surface area contributed by atoms with Gasteiger partial charge in [-0.05, 0) is 50.8 Å². The summed E-state index contributed by atoms with van der Waals surface area (Å²) in [4.78, 5) is 12.2. The lowest BCUT2D eigenvalue weighted by molar-refractivity contribution is 0.0702. The van der Waals surface area contributed by atoms with Gasteiger partial charge in [-0.25, -0.2) is 4.79 Å². The molecule has 0 bridgehead atoms. The van der Waals surface area contributed by atoms with Crippen molar-refractivity contribution >= 4 is 17.3 Å². The number of allylic oxidation sites excluding steroid dienone is 1. The summed E-state index contributed by atoms with van der Waals surface area (Å²) in [7, 11) is 0. The molecule has 2 N–H and O–H groups in total. The third-order valence-corrected chi connectivity index (χ3v) is 4.25. The Morgan fingerprint density at radius 3 is 2.94 bits per heavy atom. The highest BCUT2D eigenvalue weighted by atomic mass is 32.1. The van der Waals surface area contributed by atoms with Gasteiger partial charge in [0.05, 0.1) is 0 Å². The highest BCUT2D eigenvalue weighted by Gasteiger charge is 2.07. The molecule has 1 heterocycles. The van der Waals surface area contributed by atoms with Gasteiger partial charge in [0.2, 0.25) is 0 Å². The zero-order valence-electron chi connectivity index (χ0n) is 10.4. The second kappa shape index (κ2) is 6.71. The molecule has 1 aliphatic rings. The second-order valence-corrected chi connectivity index (χ2v) is 5.77. The van der Waals surface area contributed by atoms with Crippen molar-refractivity contribution in [1.82, 2.24) is 5.32 Å². The lowest BCUT2D eigenvalue weighted by atomic mass is 9.97. The molecule has 98 valence electrons. The van der Waals surface area contributed by atoms with Crippen LogP contribution in [0.3, 0.4) is 0 Å². The predicted octanol–water partition coefficient (Wildman–Crippen LogP) is 3.43. The van der Waals surface area contributed by atoms with Crippen molar-refractivity contribution < 1.29 is 9.90 Å². The molecule has 1 aromatic rings. The smallest absolute Gasteiger partial charge is 0.345 e. The average Bonchev–Trinajstić information content (AvgIpc) is 2.85. The highest BCUT2D eigenvalue weighted by Crippen LogP contribution is 2.20. The van der Waals surface area contributed by atoms with Gasteiger partial charge in [0.1, 0.15) is 4.88 Å². The van der Waals surface area contributed by atoms with E-state index in [1.807, 2.05) is 6.07 Å². The van der Waals surface area contributed by atoms with Crippen LogP contribution in [0.15, 0.2) is 23.8 Å². The normalized spacial score (nSPS) is 15.4. The largest absolute Gasteiger partial charge is 0.477 e. The molecule has 2 rings (SSSR count). The van der Waals surface area contributed by atoms with Gasteiger partial charge < -0.3 is 10.4 Å². The Morgan fingerprint density at radius 1 is 1.39 bits per heavy atom. The Bertz CT molecular complexity index is 437. The van der Waals surface area contributed by atoms with Crippen LogP contribution in [-0.2, 0) is 6.54 Å². The molecule has 0 aliphatic heterocycles. The summed E-state index contributed by atoms with van der Waals surface area (Å²) < 4.78 is 0. The van der Waals surface area contributed by atoms with Crippen LogP contribution in [-0.4, -0.2) is 17.6 Å². The minimum Gasteiger partial charge on any atom is -0.477 e. The van der Waals surface area contributed by atoms with E-state index in [-0.39, 0.29) is 0 Å². The highest BCUT2D eigenvalue weighted by molar-refractivity contribution is 7.13. The number of hydrogen-bond donors (Lipinski definition) is 2. The van der Waals surface area contributed by atoms with E-state index in [1.165, 1.54) is 37.0 Å². The number of rotatable bonds is 6. The topological polar surface area (TPSA) is 49.3 Å². The van der Waals surface area contributed by atoms with Crippen LogP contribution in [0.1, 0.15) is 46.7 Å². The first kappa shape index (κ1) is 13.3. The summed E-state index contributed by atoms with van der Waals surface area (Å²) in [6.45, 7) is 1.75. The number of nitrogens with one attached hydrogen (secondary N) is 1. The number of carboxylic acid groups (broad SMARTS) is 1. The van der Waals surface area contributed by atoms with Crippen LogP contribution >= 0.6 is 11.3 Å². The summed E-state index contributed by atoms with van der Waals surface area (Å²) in [6, 6.07) is 3.56. The fourth-order valence-electron chi connectivity index (χ4n) is 2.18. The van der Waals surface area contributed by atoms with Gasteiger partial charge in [-0.2, -0.15) is 0 Å². The van der Waals surface area contributed by atoms with Crippen LogP contribution in [0.5, 0.6) is 0 Å². The van der Waals surface area contributed by atoms with Gasteiger partial charge >= 0.3 is 5.97 Å². The van der Waals surface area contributed by atoms with Gasteiger partial charge in [-0.1, -0.05) is 11.6 Å². The molecule has 18 heavy (non-hydrogen) atoms. The molecule has 0 saturated carbocycles. The first-order valence-corrected chi connectivity index (χ1v) is 7.28. The van der Waals surface area contributed by atoms with E-state index in [0.29, 0.717) is 4.88 Å². The monoisotopic (exact) mass is 265 g/mol. The number of hydrogen-bond acceptors (Lipinski definition) is 3. The van der Waals surface area contributed by atoms with E-state index in [9.17, 15) is 4.79 Å². The molecule has 0 amide bonds. The van der Waals surface area contributed by atoms with Crippen molar-refractivity contribution in [2.45, 2.75) is 38.6 Å². The standard InChI is InChI=1S/C14H19NO2S/c16-14(17)13-7-6-12(18-13)10-15-9-8-11-4-2-1-3-5-11/h4,6-7,15H,1-3,5,8-10H2,(H,16,17). The Hall–Kier alpha value is -1.13. The maximum atomic E-state index is 10.7. The third kappa shape index (κ3) is 3.96.